The number of rotatable bonds is 1. The van der Waals surface area contributed by atoms with Crippen LogP contribution in [0.5, 0.6) is 0 Å². The summed E-state index contributed by atoms with van der Waals surface area (Å²) in [7, 11) is 0. The van der Waals surface area contributed by atoms with Crippen molar-refractivity contribution in [2.75, 3.05) is 0 Å². The van der Waals surface area contributed by atoms with E-state index in [-0.39, 0.29) is 11.6 Å². The quantitative estimate of drug-likeness (QED) is 0.716. The van der Waals surface area contributed by atoms with E-state index in [9.17, 15) is 9.59 Å². The minimum Gasteiger partial charge on any atom is -0.298 e. The van der Waals surface area contributed by atoms with Crippen molar-refractivity contribution >= 4 is 11.6 Å². The lowest BCUT2D eigenvalue weighted by atomic mass is 9.60. The molecule has 0 heterocycles. The van der Waals surface area contributed by atoms with E-state index in [1.807, 2.05) is 32.0 Å². The average molecular weight is 258 g/mol. The molecule has 1 aliphatic rings. The van der Waals surface area contributed by atoms with Gasteiger partial charge >= 0.3 is 0 Å². The number of hydrogen-bond acceptors (Lipinski definition) is 2. The Bertz CT molecular complexity index is 563. The molecule has 0 unspecified atom stereocenters. The minimum atomic E-state index is -0.921. The van der Waals surface area contributed by atoms with Crippen molar-refractivity contribution in [3.63, 3.8) is 0 Å². The lowest BCUT2D eigenvalue weighted by molar-refractivity contribution is -0.130. The van der Waals surface area contributed by atoms with E-state index < -0.39 is 10.8 Å². The Labute approximate surface area is 115 Å². The summed E-state index contributed by atoms with van der Waals surface area (Å²) < 4.78 is 0. The van der Waals surface area contributed by atoms with Gasteiger partial charge in [-0.15, -0.1) is 0 Å². The highest BCUT2D eigenvalue weighted by Crippen LogP contribution is 2.43. The molecule has 0 fully saturated rings. The molecular formula is C17H22O2. The fourth-order valence-electron chi connectivity index (χ4n) is 2.98. The molecule has 1 aromatic rings. The summed E-state index contributed by atoms with van der Waals surface area (Å²) >= 11 is 0. The summed E-state index contributed by atoms with van der Waals surface area (Å²) in [5.41, 5.74) is 1.24. The van der Waals surface area contributed by atoms with Crippen molar-refractivity contribution in [3.8, 4) is 0 Å². The van der Waals surface area contributed by atoms with Crippen LogP contribution in [0.4, 0.5) is 0 Å². The van der Waals surface area contributed by atoms with Gasteiger partial charge in [0.1, 0.15) is 0 Å². The number of carbonyl (C=O) groups is 2. The molecule has 1 aliphatic carbocycles. The topological polar surface area (TPSA) is 34.1 Å². The Morgan fingerprint density at radius 2 is 1.53 bits per heavy atom. The van der Waals surface area contributed by atoms with Crippen LogP contribution in [0.15, 0.2) is 18.2 Å². The zero-order chi connectivity index (χ0) is 14.6. The Morgan fingerprint density at radius 1 is 0.947 bits per heavy atom. The van der Waals surface area contributed by atoms with Gasteiger partial charge in [-0.25, -0.2) is 0 Å². The highest BCUT2D eigenvalue weighted by atomic mass is 16.2. The second-order valence-electron chi connectivity index (χ2n) is 6.87. The van der Waals surface area contributed by atoms with Gasteiger partial charge in [0.05, 0.1) is 5.41 Å². The molecule has 2 nitrogen and oxygen atoms in total. The molecular weight excluding hydrogens is 236 g/mol. The van der Waals surface area contributed by atoms with Crippen molar-refractivity contribution < 1.29 is 9.59 Å². The first-order valence-electron chi connectivity index (χ1n) is 6.84. The van der Waals surface area contributed by atoms with E-state index in [1.54, 1.807) is 13.8 Å². The fourth-order valence-corrected chi connectivity index (χ4v) is 2.98. The number of benzene rings is 1. The second kappa shape index (κ2) is 4.03. The van der Waals surface area contributed by atoms with Crippen LogP contribution >= 0.6 is 0 Å². The summed E-state index contributed by atoms with van der Waals surface area (Å²) in [6.07, 6.45) is 0. The first-order valence-corrected chi connectivity index (χ1v) is 6.84. The Morgan fingerprint density at radius 3 is 2.05 bits per heavy atom. The Hall–Kier alpha value is -1.44. The summed E-state index contributed by atoms with van der Waals surface area (Å²) in [4.78, 5) is 25.1. The van der Waals surface area contributed by atoms with E-state index in [1.165, 1.54) is 5.56 Å². The maximum atomic E-state index is 12.6. The first-order chi connectivity index (χ1) is 8.60. The van der Waals surface area contributed by atoms with E-state index in [2.05, 4.69) is 13.8 Å². The lowest BCUT2D eigenvalue weighted by Gasteiger charge is -2.39. The van der Waals surface area contributed by atoms with E-state index >= 15 is 0 Å². The van der Waals surface area contributed by atoms with Gasteiger partial charge in [0, 0.05) is 11.0 Å². The van der Waals surface area contributed by atoms with Crippen LogP contribution in [0.25, 0.3) is 0 Å². The zero-order valence-electron chi connectivity index (χ0n) is 12.6. The van der Waals surface area contributed by atoms with Crippen LogP contribution < -0.4 is 0 Å². The smallest absolute Gasteiger partial charge is 0.176 e. The normalized spacial score (nSPS) is 20.6. The highest BCUT2D eigenvalue weighted by Gasteiger charge is 2.51. The number of ketones is 2. The zero-order valence-corrected chi connectivity index (χ0v) is 12.6. The van der Waals surface area contributed by atoms with E-state index in [0.29, 0.717) is 11.5 Å². The monoisotopic (exact) mass is 258 g/mol. The molecule has 1 aromatic carbocycles. The molecule has 2 heteroatoms. The van der Waals surface area contributed by atoms with E-state index in [4.69, 9.17) is 0 Å². The maximum Gasteiger partial charge on any atom is 0.176 e. The van der Waals surface area contributed by atoms with Crippen molar-refractivity contribution in [1.82, 2.24) is 0 Å². The Balaban J connectivity index is 2.73. The summed E-state index contributed by atoms with van der Waals surface area (Å²) in [6.45, 7) is 11.5. The van der Waals surface area contributed by atoms with Crippen molar-refractivity contribution in [1.29, 1.82) is 0 Å². The van der Waals surface area contributed by atoms with Crippen molar-refractivity contribution in [3.05, 3.63) is 34.9 Å². The third kappa shape index (κ3) is 1.85. The van der Waals surface area contributed by atoms with E-state index in [0.717, 1.165) is 5.56 Å². The number of fused-ring (bicyclic) bond motifs is 1. The minimum absolute atomic E-state index is 0.0124. The predicted octanol–water partition coefficient (Wildman–Crippen LogP) is 3.88. The van der Waals surface area contributed by atoms with Crippen LogP contribution in [-0.2, 0) is 10.2 Å². The summed E-state index contributed by atoms with van der Waals surface area (Å²) in [5, 5.41) is 0. The van der Waals surface area contributed by atoms with Gasteiger partial charge < -0.3 is 0 Å². The SMILES string of the molecule is CC(C)c1ccc2c(c1)C(C)(C)C(=O)C(C)(C)C2=O. The van der Waals surface area contributed by atoms with Crippen LogP contribution in [0.1, 0.15) is 68.9 Å². The third-order valence-corrected chi connectivity index (χ3v) is 4.33. The van der Waals surface area contributed by atoms with Gasteiger partial charge in [-0.05, 0) is 44.7 Å². The average Bonchev–Trinajstić information content (AvgIpc) is 2.34. The fraction of sp³-hybridized carbons (Fsp3) is 0.529. The number of carbonyl (C=O) groups excluding carboxylic acids is 2. The van der Waals surface area contributed by atoms with Gasteiger partial charge in [0.15, 0.2) is 11.6 Å². The predicted molar refractivity (Wildman–Crippen MR) is 76.7 cm³/mol. The van der Waals surface area contributed by atoms with Crippen LogP contribution in [0.2, 0.25) is 0 Å². The molecule has 102 valence electrons. The second-order valence-corrected chi connectivity index (χ2v) is 6.87. The van der Waals surface area contributed by atoms with Crippen molar-refractivity contribution in [2.45, 2.75) is 52.9 Å². The molecule has 19 heavy (non-hydrogen) atoms. The Kier molecular flexibility index (Phi) is 2.96. The molecule has 0 N–H and O–H groups in total. The standard InChI is InChI=1S/C17H22O2/c1-10(2)11-7-8-12-13(9-11)16(3,4)15(19)17(5,6)14(12)18/h7-10H,1-6H3. The number of hydrogen-bond donors (Lipinski definition) is 0. The summed E-state index contributed by atoms with van der Waals surface area (Å²) in [6, 6.07) is 5.93. The van der Waals surface area contributed by atoms with Crippen LogP contribution in [0.3, 0.4) is 0 Å². The molecule has 0 aliphatic heterocycles. The van der Waals surface area contributed by atoms with Crippen LogP contribution in [0, 0.1) is 5.41 Å². The molecule has 0 spiro atoms. The first kappa shape index (κ1) is 14.0. The van der Waals surface area contributed by atoms with Crippen LogP contribution in [-0.4, -0.2) is 11.6 Å². The molecule has 0 saturated heterocycles. The maximum absolute atomic E-state index is 12.6. The molecule has 0 amide bonds. The third-order valence-electron chi connectivity index (χ3n) is 4.33. The van der Waals surface area contributed by atoms with Gasteiger partial charge in [0.2, 0.25) is 0 Å². The largest absolute Gasteiger partial charge is 0.298 e. The lowest BCUT2D eigenvalue weighted by Crippen LogP contribution is -2.49. The highest BCUT2D eigenvalue weighted by molar-refractivity contribution is 6.21. The molecule has 2 rings (SSSR count). The van der Waals surface area contributed by atoms with Crippen molar-refractivity contribution in [2.24, 2.45) is 5.41 Å². The molecule has 0 bridgehead atoms. The molecule has 0 saturated carbocycles. The van der Waals surface area contributed by atoms with Gasteiger partial charge in [0.25, 0.3) is 0 Å². The van der Waals surface area contributed by atoms with Gasteiger partial charge in [-0.3, -0.25) is 9.59 Å². The molecule has 0 radical (unpaired) electrons. The molecule has 0 atom stereocenters. The van der Waals surface area contributed by atoms with Gasteiger partial charge in [-0.1, -0.05) is 32.0 Å². The number of Topliss-reactive ketones (excluding diaryl/α,β-unsaturated/α-hetero) is 2. The van der Waals surface area contributed by atoms with Gasteiger partial charge in [-0.2, -0.15) is 0 Å². The summed E-state index contributed by atoms with van der Waals surface area (Å²) in [5.74, 6) is 0.349. The molecule has 0 aromatic heterocycles.